The van der Waals surface area contributed by atoms with Crippen molar-refractivity contribution >= 4 is 5.91 Å². The Kier molecular flexibility index (Phi) is 3.14. The SMILES string of the molecule is C=CC1CCCCCNC1=O. The van der Waals surface area contributed by atoms with Crippen LogP contribution in [-0.4, -0.2) is 12.5 Å². The third-order valence-electron chi connectivity index (χ3n) is 2.11. The molecule has 1 atom stereocenters. The van der Waals surface area contributed by atoms with Crippen molar-refractivity contribution in [2.24, 2.45) is 5.92 Å². The molecule has 2 heteroatoms. The summed E-state index contributed by atoms with van der Waals surface area (Å²) in [6.45, 7) is 4.48. The summed E-state index contributed by atoms with van der Waals surface area (Å²) in [4.78, 5) is 11.2. The van der Waals surface area contributed by atoms with Gasteiger partial charge in [-0.05, 0) is 12.8 Å². The van der Waals surface area contributed by atoms with E-state index in [4.69, 9.17) is 0 Å². The molecule has 0 aromatic heterocycles. The van der Waals surface area contributed by atoms with Crippen LogP contribution in [0.1, 0.15) is 25.7 Å². The fourth-order valence-corrected chi connectivity index (χ4v) is 1.36. The molecule has 0 aliphatic carbocycles. The van der Waals surface area contributed by atoms with Crippen LogP contribution in [0.3, 0.4) is 0 Å². The van der Waals surface area contributed by atoms with Gasteiger partial charge in [-0.15, -0.1) is 6.58 Å². The minimum atomic E-state index is 0.0512. The number of rotatable bonds is 1. The number of carbonyl (C=O) groups excluding carboxylic acids is 1. The van der Waals surface area contributed by atoms with Crippen molar-refractivity contribution in [3.63, 3.8) is 0 Å². The second-order valence-electron chi connectivity index (χ2n) is 2.98. The van der Waals surface area contributed by atoms with Gasteiger partial charge in [0.15, 0.2) is 0 Å². The van der Waals surface area contributed by atoms with Crippen LogP contribution in [0, 0.1) is 5.92 Å². The predicted octanol–water partition coefficient (Wildman–Crippen LogP) is 1.48. The maximum Gasteiger partial charge on any atom is 0.226 e. The number of hydrogen-bond donors (Lipinski definition) is 1. The lowest BCUT2D eigenvalue weighted by molar-refractivity contribution is -0.124. The molecule has 1 amide bonds. The Morgan fingerprint density at radius 3 is 3.00 bits per heavy atom. The largest absolute Gasteiger partial charge is 0.356 e. The first kappa shape index (κ1) is 8.31. The summed E-state index contributed by atoms with van der Waals surface area (Å²) < 4.78 is 0. The van der Waals surface area contributed by atoms with E-state index in [-0.39, 0.29) is 11.8 Å². The van der Waals surface area contributed by atoms with Crippen molar-refractivity contribution in [3.05, 3.63) is 12.7 Å². The van der Waals surface area contributed by atoms with Gasteiger partial charge in [0.25, 0.3) is 0 Å². The second kappa shape index (κ2) is 4.16. The summed E-state index contributed by atoms with van der Waals surface area (Å²) in [5, 5.41) is 2.88. The molecule has 1 saturated heterocycles. The summed E-state index contributed by atoms with van der Waals surface area (Å²) in [6, 6.07) is 0. The second-order valence-corrected chi connectivity index (χ2v) is 2.98. The molecule has 11 heavy (non-hydrogen) atoms. The molecule has 0 bridgehead atoms. The highest BCUT2D eigenvalue weighted by atomic mass is 16.1. The molecule has 1 aliphatic rings. The lowest BCUT2D eigenvalue weighted by atomic mass is 9.98. The first-order chi connectivity index (χ1) is 5.34. The molecular formula is C9H15NO. The topological polar surface area (TPSA) is 29.1 Å². The molecule has 1 fully saturated rings. The monoisotopic (exact) mass is 153 g/mol. The van der Waals surface area contributed by atoms with Gasteiger partial charge in [-0.25, -0.2) is 0 Å². The molecule has 0 spiro atoms. The molecule has 0 radical (unpaired) electrons. The van der Waals surface area contributed by atoms with Crippen molar-refractivity contribution < 1.29 is 4.79 Å². The Hall–Kier alpha value is -0.790. The maximum absolute atomic E-state index is 11.2. The van der Waals surface area contributed by atoms with Crippen LogP contribution in [-0.2, 0) is 4.79 Å². The molecule has 0 aromatic carbocycles. The number of carbonyl (C=O) groups is 1. The number of nitrogens with one attached hydrogen (secondary N) is 1. The molecule has 1 aliphatic heterocycles. The number of amides is 1. The van der Waals surface area contributed by atoms with E-state index in [9.17, 15) is 4.79 Å². The lowest BCUT2D eigenvalue weighted by Crippen LogP contribution is -2.31. The van der Waals surface area contributed by atoms with Crippen LogP contribution in [0.2, 0.25) is 0 Å². The average molecular weight is 153 g/mol. The van der Waals surface area contributed by atoms with Crippen molar-refractivity contribution in [1.82, 2.24) is 5.32 Å². The first-order valence-corrected chi connectivity index (χ1v) is 4.25. The van der Waals surface area contributed by atoms with Gasteiger partial charge in [-0.3, -0.25) is 4.79 Å². The zero-order chi connectivity index (χ0) is 8.10. The van der Waals surface area contributed by atoms with Crippen molar-refractivity contribution in [3.8, 4) is 0 Å². The molecule has 2 nitrogen and oxygen atoms in total. The normalized spacial score (nSPS) is 26.5. The third kappa shape index (κ3) is 2.37. The predicted molar refractivity (Wildman–Crippen MR) is 45.2 cm³/mol. The summed E-state index contributed by atoms with van der Waals surface area (Å²) in [7, 11) is 0. The van der Waals surface area contributed by atoms with Crippen molar-refractivity contribution in [2.75, 3.05) is 6.54 Å². The lowest BCUT2D eigenvalue weighted by Gasteiger charge is -2.15. The van der Waals surface area contributed by atoms with Gasteiger partial charge in [0.05, 0.1) is 5.92 Å². The summed E-state index contributed by atoms with van der Waals surface area (Å²) >= 11 is 0. The van der Waals surface area contributed by atoms with Gasteiger partial charge >= 0.3 is 0 Å². The van der Waals surface area contributed by atoms with Crippen LogP contribution >= 0.6 is 0 Å². The average Bonchev–Trinajstić information content (AvgIpc) is 1.98. The standard InChI is InChI=1S/C9H15NO/c1-2-8-6-4-3-5-7-10-9(8)11/h2,8H,1,3-7H2,(H,10,11). The number of hydrogen-bond acceptors (Lipinski definition) is 1. The fourth-order valence-electron chi connectivity index (χ4n) is 1.36. The van der Waals surface area contributed by atoms with Gasteiger partial charge in [0.2, 0.25) is 5.91 Å². The minimum Gasteiger partial charge on any atom is -0.356 e. The fraction of sp³-hybridized carbons (Fsp3) is 0.667. The molecule has 0 saturated carbocycles. The quantitative estimate of drug-likeness (QED) is 0.568. The molecule has 1 rings (SSSR count). The van der Waals surface area contributed by atoms with Gasteiger partial charge in [0, 0.05) is 6.54 Å². The van der Waals surface area contributed by atoms with Gasteiger partial charge < -0.3 is 5.32 Å². The van der Waals surface area contributed by atoms with Gasteiger partial charge in [-0.2, -0.15) is 0 Å². The summed E-state index contributed by atoms with van der Waals surface area (Å²) in [5.41, 5.74) is 0. The van der Waals surface area contributed by atoms with E-state index in [1.54, 1.807) is 6.08 Å². The molecule has 62 valence electrons. The molecule has 0 aromatic rings. The van der Waals surface area contributed by atoms with Gasteiger partial charge in [0.1, 0.15) is 0 Å². The Morgan fingerprint density at radius 2 is 2.27 bits per heavy atom. The zero-order valence-corrected chi connectivity index (χ0v) is 6.81. The van der Waals surface area contributed by atoms with Crippen molar-refractivity contribution in [2.45, 2.75) is 25.7 Å². The highest BCUT2D eigenvalue weighted by molar-refractivity contribution is 5.80. The van der Waals surface area contributed by atoms with E-state index in [0.29, 0.717) is 0 Å². The van der Waals surface area contributed by atoms with Crippen LogP contribution in [0.4, 0.5) is 0 Å². The Labute approximate surface area is 67.7 Å². The smallest absolute Gasteiger partial charge is 0.226 e. The maximum atomic E-state index is 11.2. The first-order valence-electron chi connectivity index (χ1n) is 4.25. The van der Waals surface area contributed by atoms with Crippen LogP contribution < -0.4 is 5.32 Å². The summed E-state index contributed by atoms with van der Waals surface area (Å²) in [5.74, 6) is 0.204. The van der Waals surface area contributed by atoms with E-state index in [2.05, 4.69) is 11.9 Å². The molecule has 1 N–H and O–H groups in total. The highest BCUT2D eigenvalue weighted by Gasteiger charge is 2.15. The Morgan fingerprint density at radius 1 is 1.45 bits per heavy atom. The van der Waals surface area contributed by atoms with Crippen LogP contribution in [0.15, 0.2) is 12.7 Å². The highest BCUT2D eigenvalue weighted by Crippen LogP contribution is 2.13. The van der Waals surface area contributed by atoms with Crippen molar-refractivity contribution in [1.29, 1.82) is 0 Å². The Balaban J connectivity index is 2.45. The van der Waals surface area contributed by atoms with E-state index in [1.165, 1.54) is 6.42 Å². The molecule has 1 heterocycles. The molecule has 1 unspecified atom stereocenters. The minimum absolute atomic E-state index is 0.0512. The Bertz CT molecular complexity index is 154. The van der Waals surface area contributed by atoms with E-state index >= 15 is 0 Å². The van der Waals surface area contributed by atoms with E-state index < -0.39 is 0 Å². The van der Waals surface area contributed by atoms with E-state index in [0.717, 1.165) is 25.8 Å². The zero-order valence-electron chi connectivity index (χ0n) is 6.81. The van der Waals surface area contributed by atoms with E-state index in [1.807, 2.05) is 0 Å². The summed E-state index contributed by atoms with van der Waals surface area (Å²) in [6.07, 6.45) is 6.22. The van der Waals surface area contributed by atoms with Crippen LogP contribution in [0.5, 0.6) is 0 Å². The molecular weight excluding hydrogens is 138 g/mol. The van der Waals surface area contributed by atoms with Gasteiger partial charge in [-0.1, -0.05) is 18.9 Å². The van der Waals surface area contributed by atoms with Crippen LogP contribution in [0.25, 0.3) is 0 Å². The third-order valence-corrected chi connectivity index (χ3v) is 2.11.